The molecule has 0 radical (unpaired) electrons. The molecule has 2 aromatic heterocycles. The van der Waals surface area contributed by atoms with Crippen molar-refractivity contribution in [1.29, 1.82) is 0 Å². The Morgan fingerprint density at radius 3 is 2.84 bits per heavy atom. The maximum atomic E-state index is 5.45. The quantitative estimate of drug-likeness (QED) is 0.793. The number of hydrogen-bond acceptors (Lipinski definition) is 1. The zero-order chi connectivity index (χ0) is 13.2. The van der Waals surface area contributed by atoms with Gasteiger partial charge >= 0.3 is 0 Å². The Morgan fingerprint density at radius 2 is 2.11 bits per heavy atom. The predicted octanol–water partition coefficient (Wildman–Crippen LogP) is 1.21. The molecule has 0 fully saturated rings. The van der Waals surface area contributed by atoms with Crippen molar-refractivity contribution in [1.82, 2.24) is 14.8 Å². The highest BCUT2D eigenvalue weighted by molar-refractivity contribution is 7.80. The average molecular weight is 273 g/mol. The number of hydrogen-bond donors (Lipinski definition) is 1. The summed E-state index contributed by atoms with van der Waals surface area (Å²) in [6.07, 6.45) is 6.05. The molecule has 1 aliphatic heterocycles. The zero-order valence-corrected chi connectivity index (χ0v) is 11.7. The average Bonchev–Trinajstić information content (AvgIpc) is 2.94. The summed E-state index contributed by atoms with van der Waals surface area (Å²) in [5.74, 6) is 0. The Hall–Kier alpha value is -1.88. The van der Waals surface area contributed by atoms with E-state index in [2.05, 4.69) is 50.2 Å². The molecule has 0 saturated carbocycles. The Balaban J connectivity index is 2.07. The van der Waals surface area contributed by atoms with Gasteiger partial charge < -0.3 is 14.8 Å². The third-order valence-corrected chi connectivity index (χ3v) is 4.01. The Kier molecular flexibility index (Phi) is 3.21. The lowest BCUT2D eigenvalue weighted by atomic mass is 10.0. The summed E-state index contributed by atoms with van der Waals surface area (Å²) in [5.41, 5.74) is 2.53. The van der Waals surface area contributed by atoms with E-state index in [1.807, 2.05) is 19.4 Å². The molecule has 3 rings (SSSR count). The number of fused-ring (bicyclic) bond motifs is 1. The van der Waals surface area contributed by atoms with E-state index < -0.39 is 0 Å². The van der Waals surface area contributed by atoms with Crippen molar-refractivity contribution in [3.8, 4) is 0 Å². The van der Waals surface area contributed by atoms with Gasteiger partial charge in [0.25, 0.3) is 0 Å². The number of H-pyrrole nitrogens is 1. The summed E-state index contributed by atoms with van der Waals surface area (Å²) in [6.45, 7) is 1.89. The first-order chi connectivity index (χ1) is 9.31. The summed E-state index contributed by atoms with van der Waals surface area (Å²) in [7, 11) is 1.88. The first kappa shape index (κ1) is 12.2. The molecular formula is C14H17N4S+. The van der Waals surface area contributed by atoms with Gasteiger partial charge in [0, 0.05) is 44.2 Å². The van der Waals surface area contributed by atoms with Crippen LogP contribution in [0.15, 0.2) is 42.9 Å². The van der Waals surface area contributed by atoms with Crippen LogP contribution in [0.25, 0.3) is 0 Å². The molecule has 4 nitrogen and oxygen atoms in total. The molecule has 2 aromatic rings. The van der Waals surface area contributed by atoms with E-state index in [1.54, 1.807) is 0 Å². The topological polar surface area (TPSA) is 34.3 Å². The Bertz CT molecular complexity index is 578. The van der Waals surface area contributed by atoms with Gasteiger partial charge in [0.1, 0.15) is 0 Å². The van der Waals surface area contributed by atoms with Gasteiger partial charge in [-0.15, -0.1) is 0 Å². The summed E-state index contributed by atoms with van der Waals surface area (Å²) in [5, 5.41) is 3.89. The van der Waals surface area contributed by atoms with E-state index >= 15 is 0 Å². The second kappa shape index (κ2) is 5.01. The molecule has 0 spiro atoms. The van der Waals surface area contributed by atoms with Gasteiger partial charge in [-0.3, -0.25) is 0 Å². The van der Waals surface area contributed by atoms with Gasteiger partial charge in [0.15, 0.2) is 17.5 Å². The van der Waals surface area contributed by atoms with Gasteiger partial charge in [-0.05, 0) is 29.9 Å². The van der Waals surface area contributed by atoms with Gasteiger partial charge in [0.05, 0.1) is 6.04 Å². The second-order valence-electron chi connectivity index (χ2n) is 4.61. The highest BCUT2D eigenvalue weighted by Crippen LogP contribution is 2.31. The third-order valence-electron chi connectivity index (χ3n) is 3.57. The van der Waals surface area contributed by atoms with E-state index in [4.69, 9.17) is 12.2 Å². The molecule has 0 aromatic carbocycles. The largest absolute Gasteiger partial charge is 0.366 e. The van der Waals surface area contributed by atoms with Crippen LogP contribution >= 0.6 is 12.2 Å². The number of aromatic amines is 1. The minimum atomic E-state index is 0.179. The van der Waals surface area contributed by atoms with Crippen LogP contribution in [0.2, 0.25) is 0 Å². The molecule has 2 N–H and O–H groups in total. The molecule has 0 bridgehead atoms. The highest BCUT2D eigenvalue weighted by Gasteiger charge is 2.30. The minimum absolute atomic E-state index is 0.179. The van der Waals surface area contributed by atoms with E-state index in [0.717, 1.165) is 18.2 Å². The molecule has 0 amide bonds. The lowest BCUT2D eigenvalue weighted by Gasteiger charge is -2.38. The van der Waals surface area contributed by atoms with Crippen molar-refractivity contribution in [2.75, 3.05) is 13.6 Å². The molecule has 1 atom stereocenters. The molecule has 1 unspecified atom stereocenters. The van der Waals surface area contributed by atoms with Crippen LogP contribution in [0.1, 0.15) is 17.3 Å². The second-order valence-corrected chi connectivity index (χ2v) is 5.00. The van der Waals surface area contributed by atoms with Crippen LogP contribution in [0.5, 0.6) is 0 Å². The van der Waals surface area contributed by atoms with E-state index in [9.17, 15) is 0 Å². The van der Waals surface area contributed by atoms with Gasteiger partial charge in [-0.25, -0.2) is 4.98 Å². The van der Waals surface area contributed by atoms with Crippen LogP contribution < -0.4 is 10.3 Å². The van der Waals surface area contributed by atoms with Crippen LogP contribution in [-0.2, 0) is 6.54 Å². The molecule has 3 heterocycles. The molecule has 0 saturated heterocycles. The SMILES string of the molecule is CNC(=S)N1CCn2cccc2C1c1cc[nH+]cc1. The zero-order valence-electron chi connectivity index (χ0n) is 10.8. The fourth-order valence-corrected chi connectivity index (χ4v) is 2.88. The van der Waals surface area contributed by atoms with Gasteiger partial charge in [-0.1, -0.05) is 0 Å². The van der Waals surface area contributed by atoms with Gasteiger partial charge in [-0.2, -0.15) is 0 Å². The monoisotopic (exact) mass is 273 g/mol. The Morgan fingerprint density at radius 1 is 1.32 bits per heavy atom. The van der Waals surface area contributed by atoms with Crippen molar-refractivity contribution < 1.29 is 4.98 Å². The van der Waals surface area contributed by atoms with Gasteiger partial charge in [0.2, 0.25) is 0 Å². The van der Waals surface area contributed by atoms with Crippen molar-refractivity contribution >= 4 is 17.3 Å². The molecule has 19 heavy (non-hydrogen) atoms. The minimum Gasteiger partial charge on any atom is -0.366 e. The maximum absolute atomic E-state index is 5.45. The number of aromatic nitrogens is 2. The van der Waals surface area contributed by atoms with Crippen LogP contribution in [0.3, 0.4) is 0 Å². The number of pyridine rings is 1. The summed E-state index contributed by atoms with van der Waals surface area (Å²) in [6, 6.07) is 8.67. The molecular weight excluding hydrogens is 256 g/mol. The molecule has 1 aliphatic rings. The molecule has 5 heteroatoms. The first-order valence-corrected chi connectivity index (χ1v) is 6.81. The van der Waals surface area contributed by atoms with E-state index in [1.165, 1.54) is 11.3 Å². The van der Waals surface area contributed by atoms with Crippen LogP contribution in [0, 0.1) is 0 Å². The fourth-order valence-electron chi connectivity index (χ4n) is 2.68. The first-order valence-electron chi connectivity index (χ1n) is 6.40. The lowest BCUT2D eigenvalue weighted by molar-refractivity contribution is -0.378. The van der Waals surface area contributed by atoms with Crippen LogP contribution in [-0.4, -0.2) is 28.2 Å². The Labute approximate surface area is 118 Å². The predicted molar refractivity (Wildman–Crippen MR) is 77.6 cm³/mol. The van der Waals surface area contributed by atoms with Crippen molar-refractivity contribution in [3.05, 3.63) is 54.1 Å². The van der Waals surface area contributed by atoms with E-state index in [0.29, 0.717) is 0 Å². The summed E-state index contributed by atoms with van der Waals surface area (Å²) in [4.78, 5) is 5.32. The van der Waals surface area contributed by atoms with Crippen molar-refractivity contribution in [2.24, 2.45) is 0 Å². The fraction of sp³-hybridized carbons (Fsp3) is 0.286. The molecule has 0 aliphatic carbocycles. The molecule has 98 valence electrons. The number of rotatable bonds is 1. The maximum Gasteiger partial charge on any atom is 0.169 e. The smallest absolute Gasteiger partial charge is 0.169 e. The number of nitrogens with one attached hydrogen (secondary N) is 2. The third kappa shape index (κ3) is 2.10. The van der Waals surface area contributed by atoms with E-state index in [-0.39, 0.29) is 6.04 Å². The summed E-state index contributed by atoms with van der Waals surface area (Å²) >= 11 is 5.45. The van der Waals surface area contributed by atoms with Crippen molar-refractivity contribution in [2.45, 2.75) is 12.6 Å². The lowest BCUT2D eigenvalue weighted by Crippen LogP contribution is -2.46. The normalized spacial score (nSPS) is 17.9. The number of thiocarbonyl (C=S) groups is 1. The van der Waals surface area contributed by atoms with Crippen LogP contribution in [0.4, 0.5) is 0 Å². The highest BCUT2D eigenvalue weighted by atomic mass is 32.1. The standard InChI is InChI=1S/C14H16N4S/c1-15-14(19)18-10-9-17-8-2-3-12(17)13(18)11-4-6-16-7-5-11/h2-8,13H,9-10H2,1H3,(H,15,19)/p+1. The number of nitrogens with zero attached hydrogens (tertiary/aromatic N) is 2. The summed E-state index contributed by atoms with van der Waals surface area (Å²) < 4.78 is 2.30. The van der Waals surface area contributed by atoms with Crippen molar-refractivity contribution in [3.63, 3.8) is 0 Å².